The predicted octanol–water partition coefficient (Wildman–Crippen LogP) is 4.15. The summed E-state index contributed by atoms with van der Waals surface area (Å²) in [5, 5.41) is 7.20. The van der Waals surface area contributed by atoms with E-state index in [4.69, 9.17) is 24.9 Å². The Kier molecular flexibility index (Phi) is 8.54. The highest BCUT2D eigenvalue weighted by Gasteiger charge is 2.48. The van der Waals surface area contributed by atoms with E-state index in [9.17, 15) is 9.59 Å². The fourth-order valence-corrected chi connectivity index (χ4v) is 3.97. The molecule has 37 heavy (non-hydrogen) atoms. The summed E-state index contributed by atoms with van der Waals surface area (Å²) in [6.07, 6.45) is 4.76. The van der Waals surface area contributed by atoms with E-state index in [2.05, 4.69) is 16.5 Å². The van der Waals surface area contributed by atoms with E-state index in [1.54, 1.807) is 27.7 Å². The van der Waals surface area contributed by atoms with Gasteiger partial charge in [-0.05, 0) is 91.0 Å². The molecule has 0 bridgehead atoms. The van der Waals surface area contributed by atoms with E-state index in [0.717, 1.165) is 23.1 Å². The second-order valence-corrected chi connectivity index (χ2v) is 11.5. The number of rotatable bonds is 8. The van der Waals surface area contributed by atoms with Crippen molar-refractivity contribution in [3.05, 3.63) is 36.2 Å². The molecule has 1 aromatic carbocycles. The molecule has 1 amide bonds. The lowest BCUT2D eigenvalue weighted by molar-refractivity contribution is -0.196. The third-order valence-electron chi connectivity index (χ3n) is 5.87. The van der Waals surface area contributed by atoms with Gasteiger partial charge in [-0.1, -0.05) is 6.07 Å². The van der Waals surface area contributed by atoms with Crippen LogP contribution in [0.1, 0.15) is 66.9 Å². The number of esters is 1. The van der Waals surface area contributed by atoms with Crippen LogP contribution in [0, 0.1) is 0 Å². The third-order valence-corrected chi connectivity index (χ3v) is 5.87. The highest BCUT2D eigenvalue weighted by Crippen LogP contribution is 2.36. The number of aromatic nitrogens is 2. The Bertz CT molecular complexity index is 1100. The highest BCUT2D eigenvalue weighted by atomic mass is 16.7. The summed E-state index contributed by atoms with van der Waals surface area (Å²) in [7, 11) is 0. The minimum absolute atomic E-state index is 0.420. The van der Waals surface area contributed by atoms with Crippen LogP contribution >= 0.6 is 0 Å². The predicted molar refractivity (Wildman–Crippen MR) is 139 cm³/mol. The van der Waals surface area contributed by atoms with Crippen LogP contribution in [0.2, 0.25) is 0 Å². The fourth-order valence-electron chi connectivity index (χ4n) is 3.97. The maximum Gasteiger partial charge on any atom is 0.407 e. The average Bonchev–Trinajstić information content (AvgIpc) is 3.27. The number of ether oxygens (including phenoxy) is 3. The molecule has 1 unspecified atom stereocenters. The van der Waals surface area contributed by atoms with Crippen molar-refractivity contribution in [2.24, 2.45) is 5.90 Å². The molecule has 2 atom stereocenters. The second kappa shape index (κ2) is 11.1. The summed E-state index contributed by atoms with van der Waals surface area (Å²) < 4.78 is 18.8. The van der Waals surface area contributed by atoms with Crippen molar-refractivity contribution < 1.29 is 28.6 Å². The van der Waals surface area contributed by atoms with Gasteiger partial charge in [-0.3, -0.25) is 9.52 Å². The summed E-state index contributed by atoms with van der Waals surface area (Å²) in [5.74, 6) is 5.68. The third kappa shape index (κ3) is 7.69. The Morgan fingerprint density at radius 1 is 1.11 bits per heavy atom. The van der Waals surface area contributed by atoms with E-state index in [0.29, 0.717) is 31.7 Å². The largest absolute Gasteiger partial charge is 0.486 e. The monoisotopic (exact) mass is 516 g/mol. The number of carbonyl (C=O) groups is 2. The van der Waals surface area contributed by atoms with Gasteiger partial charge >= 0.3 is 12.1 Å². The van der Waals surface area contributed by atoms with Gasteiger partial charge in [-0.15, -0.1) is 0 Å². The minimum Gasteiger partial charge on any atom is -0.486 e. The van der Waals surface area contributed by atoms with Gasteiger partial charge in [-0.2, -0.15) is 5.10 Å². The first-order chi connectivity index (χ1) is 17.2. The summed E-state index contributed by atoms with van der Waals surface area (Å²) >= 11 is 0. The number of carbonyl (C=O) groups excluding carboxylic acids is 2. The van der Waals surface area contributed by atoms with Gasteiger partial charge < -0.3 is 19.5 Å². The van der Waals surface area contributed by atoms with Crippen LogP contribution in [-0.2, 0) is 32.1 Å². The van der Waals surface area contributed by atoms with E-state index < -0.39 is 35.0 Å². The first-order valence-electron chi connectivity index (χ1n) is 12.6. The lowest BCUT2D eigenvalue weighted by Gasteiger charge is -2.38. The smallest absolute Gasteiger partial charge is 0.407 e. The van der Waals surface area contributed by atoms with Gasteiger partial charge in [0.2, 0.25) is 5.60 Å². The first kappa shape index (κ1) is 28.5. The lowest BCUT2D eigenvalue weighted by atomic mass is 9.89. The molecule has 0 radical (unpaired) electrons. The molecule has 204 valence electrons. The summed E-state index contributed by atoms with van der Waals surface area (Å²) in [6.45, 7) is 13.6. The first-order valence-corrected chi connectivity index (χ1v) is 12.6. The van der Waals surface area contributed by atoms with Crippen LogP contribution in [0.25, 0.3) is 11.1 Å². The molecule has 2 aromatic rings. The van der Waals surface area contributed by atoms with Gasteiger partial charge in [-0.25, -0.2) is 15.5 Å². The molecule has 0 fully saturated rings. The number of hydrogen-bond donors (Lipinski definition) is 2. The Hall–Kier alpha value is -3.11. The van der Waals surface area contributed by atoms with Crippen molar-refractivity contribution in [1.82, 2.24) is 15.1 Å². The molecule has 1 aromatic heterocycles. The number of amides is 1. The Labute approximate surface area is 218 Å². The summed E-state index contributed by atoms with van der Waals surface area (Å²) in [6, 6.07) is 5.93. The molecule has 2 heterocycles. The topological polar surface area (TPSA) is 127 Å². The fraction of sp³-hybridized carbons (Fsp3) is 0.593. The van der Waals surface area contributed by atoms with Gasteiger partial charge in [0.1, 0.15) is 23.1 Å². The molecular weight excluding hydrogens is 476 g/mol. The number of nitrogens with two attached hydrogens (primary N) is 1. The summed E-state index contributed by atoms with van der Waals surface area (Å²) in [5.41, 5.74) is 0.419. The minimum atomic E-state index is -1.43. The van der Waals surface area contributed by atoms with Crippen molar-refractivity contribution in [3.8, 4) is 16.9 Å². The van der Waals surface area contributed by atoms with Gasteiger partial charge in [0.25, 0.3) is 0 Å². The van der Waals surface area contributed by atoms with Crippen molar-refractivity contribution in [3.63, 3.8) is 0 Å². The summed E-state index contributed by atoms with van der Waals surface area (Å²) in [4.78, 5) is 29.7. The maximum atomic E-state index is 12.8. The van der Waals surface area contributed by atoms with Crippen LogP contribution in [0.15, 0.2) is 30.6 Å². The van der Waals surface area contributed by atoms with Crippen LogP contribution < -0.4 is 16.0 Å². The molecule has 0 spiro atoms. The second-order valence-electron chi connectivity index (χ2n) is 11.5. The Morgan fingerprint density at radius 3 is 2.46 bits per heavy atom. The normalized spacial score (nSPS) is 17.2. The number of alkyl carbamates (subject to hydrolysis) is 1. The standard InChI is InChI=1S/C27H40N4O6/c1-25(2,3)35-23(32)27(7,37-28)22-12-10-19-15-18(9-11-21(19)34-22)20-16-30-31(17-20)14-8-13-29-24(33)36-26(4,5)6/h9,11,15-17,22H,8,10,12-14,28H2,1-7H3,(H,29,33)/t22-,27?/m1/s1. The number of nitrogens with zero attached hydrogens (tertiary/aromatic N) is 2. The van der Waals surface area contributed by atoms with Gasteiger partial charge in [0.15, 0.2) is 0 Å². The molecule has 10 heteroatoms. The van der Waals surface area contributed by atoms with E-state index in [1.807, 2.05) is 50.0 Å². The van der Waals surface area contributed by atoms with E-state index >= 15 is 0 Å². The van der Waals surface area contributed by atoms with E-state index in [-0.39, 0.29) is 0 Å². The number of fused-ring (bicyclic) bond motifs is 1. The molecule has 10 nitrogen and oxygen atoms in total. The SMILES string of the molecule is CC(C)(C)OC(=O)NCCCn1cc(-c2ccc3c(c2)CC[C@H](C(C)(ON)C(=O)OC(C)(C)C)O3)cn1. The molecule has 0 aliphatic carbocycles. The van der Waals surface area contributed by atoms with Crippen LogP contribution in [0.4, 0.5) is 4.79 Å². The number of hydrogen-bond acceptors (Lipinski definition) is 8. The van der Waals surface area contributed by atoms with Crippen molar-refractivity contribution >= 4 is 12.1 Å². The van der Waals surface area contributed by atoms with Gasteiger partial charge in [0, 0.05) is 24.8 Å². The number of benzene rings is 1. The zero-order valence-electron chi connectivity index (χ0n) is 22.9. The molecule has 1 aliphatic heterocycles. The molecule has 0 saturated carbocycles. The van der Waals surface area contributed by atoms with E-state index in [1.165, 1.54) is 0 Å². The molecule has 3 rings (SSSR count). The van der Waals surface area contributed by atoms with Crippen molar-refractivity contribution in [2.45, 2.75) is 97.2 Å². The van der Waals surface area contributed by atoms with Crippen molar-refractivity contribution in [2.75, 3.05) is 6.54 Å². The Balaban J connectivity index is 1.60. The zero-order chi connectivity index (χ0) is 27.4. The molecular formula is C27H40N4O6. The quantitative estimate of drug-likeness (QED) is 0.304. The average molecular weight is 517 g/mol. The number of nitrogens with one attached hydrogen (secondary N) is 1. The number of aryl methyl sites for hydroxylation is 2. The maximum absolute atomic E-state index is 12.8. The van der Waals surface area contributed by atoms with Gasteiger partial charge in [0.05, 0.1) is 6.20 Å². The van der Waals surface area contributed by atoms with Crippen LogP contribution in [0.3, 0.4) is 0 Å². The lowest BCUT2D eigenvalue weighted by Crippen LogP contribution is -2.56. The molecule has 1 aliphatic rings. The highest BCUT2D eigenvalue weighted by molar-refractivity contribution is 5.80. The Morgan fingerprint density at radius 2 is 1.81 bits per heavy atom. The molecule has 0 saturated heterocycles. The van der Waals surface area contributed by atoms with Crippen molar-refractivity contribution in [1.29, 1.82) is 0 Å². The molecule has 3 N–H and O–H groups in total. The van der Waals surface area contributed by atoms with Crippen LogP contribution in [-0.4, -0.2) is 51.3 Å². The van der Waals surface area contributed by atoms with Crippen LogP contribution in [0.5, 0.6) is 5.75 Å². The zero-order valence-corrected chi connectivity index (χ0v) is 22.9.